The minimum Gasteiger partial charge on any atom is -0.332 e. The highest BCUT2D eigenvalue weighted by atomic mass is 79.9. The first-order valence-corrected chi connectivity index (χ1v) is 10.6. The number of urea groups is 1. The molecule has 2 aliphatic heterocycles. The van der Waals surface area contributed by atoms with Gasteiger partial charge in [-0.15, -0.1) is 0 Å². The quantitative estimate of drug-likeness (QED) is 0.648. The molecule has 148 valence electrons. The zero-order chi connectivity index (χ0) is 20.4. The second-order valence-corrected chi connectivity index (χ2v) is 8.79. The van der Waals surface area contributed by atoms with Crippen molar-refractivity contribution in [3.8, 4) is 0 Å². The molecule has 2 aliphatic rings. The third-order valence-electron chi connectivity index (χ3n) is 4.39. The summed E-state index contributed by atoms with van der Waals surface area (Å²) < 4.78 is 0.897. The van der Waals surface area contributed by atoms with E-state index in [9.17, 15) is 14.4 Å². The van der Waals surface area contributed by atoms with Crippen molar-refractivity contribution in [2.24, 2.45) is 4.99 Å². The molecule has 1 saturated heterocycles. The summed E-state index contributed by atoms with van der Waals surface area (Å²) in [6.45, 7) is 2.09. The maximum absolute atomic E-state index is 12.5. The highest BCUT2D eigenvalue weighted by molar-refractivity contribution is 9.10. The van der Waals surface area contributed by atoms with Crippen LogP contribution >= 0.6 is 39.3 Å². The zero-order valence-corrected chi connectivity index (χ0v) is 18.3. The van der Waals surface area contributed by atoms with Crippen molar-refractivity contribution in [3.63, 3.8) is 0 Å². The lowest BCUT2D eigenvalue weighted by molar-refractivity contribution is -0.126. The van der Waals surface area contributed by atoms with E-state index < -0.39 is 24.1 Å². The van der Waals surface area contributed by atoms with Gasteiger partial charge in [-0.3, -0.25) is 14.9 Å². The number of nitrogens with one attached hydrogen (secondary N) is 1. The van der Waals surface area contributed by atoms with Crippen LogP contribution in [0.5, 0.6) is 0 Å². The summed E-state index contributed by atoms with van der Waals surface area (Å²) in [6.07, 6.45) is 1.14. The lowest BCUT2D eigenvalue weighted by atomic mass is 10.1. The maximum atomic E-state index is 12.5. The van der Waals surface area contributed by atoms with E-state index in [2.05, 4.69) is 26.2 Å². The van der Waals surface area contributed by atoms with E-state index in [4.69, 9.17) is 11.6 Å². The monoisotopic (exact) mass is 484 g/mol. The van der Waals surface area contributed by atoms with Gasteiger partial charge < -0.3 is 9.80 Å². The van der Waals surface area contributed by atoms with E-state index in [1.54, 1.807) is 37.1 Å². The minimum atomic E-state index is -0.653. The summed E-state index contributed by atoms with van der Waals surface area (Å²) in [5.41, 5.74) is 0.597. The molecular formula is C18H18BrClN4O3S. The second kappa shape index (κ2) is 8.67. The molecule has 1 aromatic carbocycles. The van der Waals surface area contributed by atoms with Crippen LogP contribution in [0.15, 0.2) is 44.8 Å². The molecule has 0 bridgehead atoms. The number of Topliss-reactive ketones (excluding diaryl/α,β-unsaturated/α-hetero) is 1. The van der Waals surface area contributed by atoms with E-state index in [0.717, 1.165) is 4.47 Å². The summed E-state index contributed by atoms with van der Waals surface area (Å²) in [5.74, 6) is -0.292. The zero-order valence-electron chi connectivity index (χ0n) is 15.2. The number of nitrogens with zero attached hydrogens (tertiary/aromatic N) is 3. The molecule has 0 spiro atoms. The van der Waals surface area contributed by atoms with Gasteiger partial charge >= 0.3 is 6.03 Å². The topological polar surface area (TPSA) is 82.1 Å². The number of benzene rings is 1. The van der Waals surface area contributed by atoms with Gasteiger partial charge in [-0.05, 0) is 19.1 Å². The van der Waals surface area contributed by atoms with Gasteiger partial charge in [-0.2, -0.15) is 0 Å². The summed E-state index contributed by atoms with van der Waals surface area (Å²) in [4.78, 5) is 44.5. The van der Waals surface area contributed by atoms with Crippen molar-refractivity contribution >= 4 is 62.2 Å². The van der Waals surface area contributed by atoms with Gasteiger partial charge in [0.15, 0.2) is 23.2 Å². The molecule has 0 radical (unpaired) electrons. The fourth-order valence-electron chi connectivity index (χ4n) is 2.89. The molecule has 3 amide bonds. The average Bonchev–Trinajstić information content (AvgIpc) is 3.02. The predicted octanol–water partition coefficient (Wildman–Crippen LogP) is 3.06. The number of carbonyl (C=O) groups is 3. The fourth-order valence-corrected chi connectivity index (χ4v) is 4.18. The van der Waals surface area contributed by atoms with Crippen LogP contribution in [0.25, 0.3) is 0 Å². The van der Waals surface area contributed by atoms with Crippen LogP contribution in [0.3, 0.4) is 0 Å². The number of amides is 3. The molecule has 10 heteroatoms. The van der Waals surface area contributed by atoms with Crippen molar-refractivity contribution in [1.82, 2.24) is 15.1 Å². The Morgan fingerprint density at radius 1 is 1.36 bits per heavy atom. The molecular weight excluding hydrogens is 468 g/mol. The Morgan fingerprint density at radius 3 is 2.68 bits per heavy atom. The van der Waals surface area contributed by atoms with Gasteiger partial charge in [0.1, 0.15) is 0 Å². The Kier molecular flexibility index (Phi) is 6.47. The molecule has 1 N–H and O–H groups in total. The number of imide groups is 1. The Morgan fingerprint density at radius 2 is 2.04 bits per heavy atom. The predicted molar refractivity (Wildman–Crippen MR) is 114 cm³/mol. The molecule has 0 aliphatic carbocycles. The molecule has 0 aromatic heterocycles. The number of hydrogen-bond donors (Lipinski definition) is 1. The Hall–Kier alpha value is -1.84. The van der Waals surface area contributed by atoms with Crippen LogP contribution in [0.4, 0.5) is 4.79 Å². The number of halogens is 2. The number of thioether (sulfide) groups is 1. The molecule has 0 saturated carbocycles. The highest BCUT2D eigenvalue weighted by Crippen LogP contribution is 2.29. The lowest BCUT2D eigenvalue weighted by Gasteiger charge is -2.35. The number of rotatable bonds is 5. The largest absolute Gasteiger partial charge is 0.332 e. The number of carbonyl (C=O) groups excluding carboxylic acids is 3. The van der Waals surface area contributed by atoms with Crippen molar-refractivity contribution in [3.05, 3.63) is 45.4 Å². The van der Waals surface area contributed by atoms with Gasteiger partial charge in [0.25, 0.3) is 5.91 Å². The second-order valence-electron chi connectivity index (χ2n) is 6.34. The minimum absolute atomic E-state index is 0.0482. The van der Waals surface area contributed by atoms with Crippen LogP contribution in [0, 0.1) is 0 Å². The van der Waals surface area contributed by atoms with Crippen molar-refractivity contribution in [2.75, 3.05) is 19.3 Å². The normalized spacial score (nSPS) is 22.1. The molecule has 28 heavy (non-hydrogen) atoms. The van der Waals surface area contributed by atoms with E-state index in [0.29, 0.717) is 22.3 Å². The van der Waals surface area contributed by atoms with Gasteiger partial charge in [0.2, 0.25) is 0 Å². The summed E-state index contributed by atoms with van der Waals surface area (Å²) in [6, 6.07) is 5.98. The van der Waals surface area contributed by atoms with E-state index in [1.807, 2.05) is 12.1 Å². The van der Waals surface area contributed by atoms with E-state index in [-0.39, 0.29) is 11.5 Å². The SMILES string of the molecule is C/C(Cl)=C/CN1C(SCC(=O)c2ccc(Br)cc2)=NC2C1C(=O)NC(=O)N2C. The standard InChI is InChI=1S/C18H18BrClN4O3S/c1-10(20)7-8-24-14-15(23(2)17(27)22-16(14)26)21-18(24)28-9-13(25)11-3-5-12(19)6-4-11/h3-7,14-15H,8-9H2,1-2H3,(H,22,26,27)/b10-7-. The number of amidine groups is 1. The van der Waals surface area contributed by atoms with Crippen LogP contribution < -0.4 is 5.32 Å². The van der Waals surface area contributed by atoms with Crippen LogP contribution in [-0.4, -0.2) is 64.2 Å². The Bertz CT molecular complexity index is 870. The summed E-state index contributed by atoms with van der Waals surface area (Å²) in [5, 5.41) is 3.45. The van der Waals surface area contributed by atoms with E-state index >= 15 is 0 Å². The molecule has 2 heterocycles. The summed E-state index contributed by atoms with van der Waals surface area (Å²) in [7, 11) is 1.59. The lowest BCUT2D eigenvalue weighted by Crippen LogP contribution is -2.63. The highest BCUT2D eigenvalue weighted by Gasteiger charge is 2.48. The number of likely N-dealkylation sites (N-methyl/N-ethyl adjacent to an activating group) is 1. The van der Waals surface area contributed by atoms with Gasteiger partial charge in [0.05, 0.1) is 5.75 Å². The molecule has 2 unspecified atom stereocenters. The maximum Gasteiger partial charge on any atom is 0.325 e. The first-order chi connectivity index (χ1) is 13.3. The number of fused-ring (bicyclic) bond motifs is 1. The fraction of sp³-hybridized carbons (Fsp3) is 0.333. The van der Waals surface area contributed by atoms with Gasteiger partial charge in [-0.1, -0.05) is 57.5 Å². The summed E-state index contributed by atoms with van der Waals surface area (Å²) >= 11 is 10.5. The smallest absolute Gasteiger partial charge is 0.325 e. The van der Waals surface area contributed by atoms with Crippen molar-refractivity contribution < 1.29 is 14.4 Å². The Balaban J connectivity index is 1.79. The number of aliphatic imine (C=N–C) groups is 1. The third-order valence-corrected chi connectivity index (χ3v) is 6.08. The average molecular weight is 486 g/mol. The van der Waals surface area contributed by atoms with E-state index in [1.165, 1.54) is 16.7 Å². The molecule has 1 aromatic rings. The molecule has 7 nitrogen and oxygen atoms in total. The number of hydrogen-bond acceptors (Lipinski definition) is 6. The Labute approximate surface area is 180 Å². The van der Waals surface area contributed by atoms with Crippen molar-refractivity contribution in [2.45, 2.75) is 19.1 Å². The van der Waals surface area contributed by atoms with Crippen LogP contribution in [-0.2, 0) is 4.79 Å². The van der Waals surface area contributed by atoms with Gasteiger partial charge in [-0.25, -0.2) is 9.79 Å². The van der Waals surface area contributed by atoms with Crippen LogP contribution in [0.1, 0.15) is 17.3 Å². The van der Waals surface area contributed by atoms with Crippen LogP contribution in [0.2, 0.25) is 0 Å². The molecule has 3 rings (SSSR count). The number of allylic oxidation sites excluding steroid dienone is 1. The number of ketones is 1. The third kappa shape index (κ3) is 4.42. The first-order valence-electron chi connectivity index (χ1n) is 8.44. The van der Waals surface area contributed by atoms with Gasteiger partial charge in [0, 0.05) is 28.7 Å². The first kappa shape index (κ1) is 20.9. The molecule has 1 fully saturated rings. The molecule has 2 atom stereocenters. The van der Waals surface area contributed by atoms with Crippen molar-refractivity contribution in [1.29, 1.82) is 0 Å².